The van der Waals surface area contributed by atoms with Crippen molar-refractivity contribution in [2.24, 2.45) is 10.9 Å². The van der Waals surface area contributed by atoms with Crippen LogP contribution in [0.4, 0.5) is 0 Å². The van der Waals surface area contributed by atoms with E-state index in [0.717, 1.165) is 28.5 Å². The molecule has 11 heavy (non-hydrogen) atoms. The van der Waals surface area contributed by atoms with Gasteiger partial charge in [-0.25, -0.2) is 0 Å². The Kier molecular flexibility index (Phi) is 1.62. The number of thiophene rings is 1. The fourth-order valence-corrected chi connectivity index (χ4v) is 2.62. The van der Waals surface area contributed by atoms with Gasteiger partial charge in [-0.05, 0) is 18.9 Å². The Morgan fingerprint density at radius 2 is 2.36 bits per heavy atom. The molecular weight excluding hydrogens is 180 g/mol. The maximum atomic E-state index is 5.82. The van der Waals surface area contributed by atoms with Gasteiger partial charge in [0.2, 0.25) is 0 Å². The van der Waals surface area contributed by atoms with Crippen molar-refractivity contribution in [3.05, 3.63) is 20.8 Å². The Labute approximate surface area is 73.7 Å². The molecule has 1 heterocycles. The van der Waals surface area contributed by atoms with Crippen LogP contribution >= 0.6 is 22.9 Å². The van der Waals surface area contributed by atoms with Crippen molar-refractivity contribution in [1.29, 1.82) is 0 Å². The van der Waals surface area contributed by atoms with Gasteiger partial charge in [0, 0.05) is 10.4 Å². The highest BCUT2D eigenvalue weighted by molar-refractivity contribution is 7.16. The summed E-state index contributed by atoms with van der Waals surface area (Å²) in [7, 11) is 0. The van der Waals surface area contributed by atoms with Crippen molar-refractivity contribution in [2.45, 2.75) is 12.8 Å². The number of hydrazone groups is 1. The Balaban J connectivity index is 2.53. The molecule has 0 saturated carbocycles. The summed E-state index contributed by atoms with van der Waals surface area (Å²) < 4.78 is 0.829. The molecule has 0 unspecified atom stereocenters. The highest BCUT2D eigenvalue weighted by atomic mass is 35.5. The Morgan fingerprint density at radius 1 is 1.55 bits per heavy atom. The molecular formula is C7H7ClN2S. The number of aryl methyl sites for hydroxylation is 1. The van der Waals surface area contributed by atoms with Gasteiger partial charge in [0.25, 0.3) is 0 Å². The molecule has 0 radical (unpaired) electrons. The molecule has 0 fully saturated rings. The first-order valence-electron chi connectivity index (χ1n) is 3.36. The molecule has 0 spiro atoms. The summed E-state index contributed by atoms with van der Waals surface area (Å²) in [5, 5.41) is 3.71. The van der Waals surface area contributed by atoms with Gasteiger partial charge in [0.05, 0.1) is 10.0 Å². The maximum absolute atomic E-state index is 5.82. The Bertz CT molecular complexity index is 316. The molecule has 58 valence electrons. The first-order chi connectivity index (χ1) is 5.31. The van der Waals surface area contributed by atoms with Crippen LogP contribution in [0, 0.1) is 0 Å². The quantitative estimate of drug-likeness (QED) is 0.489. The van der Waals surface area contributed by atoms with Gasteiger partial charge < -0.3 is 5.84 Å². The van der Waals surface area contributed by atoms with Crippen molar-refractivity contribution >= 4 is 28.6 Å². The van der Waals surface area contributed by atoms with Crippen molar-refractivity contribution in [1.82, 2.24) is 0 Å². The summed E-state index contributed by atoms with van der Waals surface area (Å²) in [6.07, 6.45) is 2.01. The maximum Gasteiger partial charge on any atom is 0.0938 e. The number of hydrogen-bond donors (Lipinski definition) is 1. The predicted octanol–water partition coefficient (Wildman–Crippen LogP) is 2.01. The number of nitrogens with two attached hydrogens (primary N) is 1. The first kappa shape index (κ1) is 7.13. The molecule has 1 aliphatic carbocycles. The van der Waals surface area contributed by atoms with Crippen LogP contribution in [0.3, 0.4) is 0 Å². The van der Waals surface area contributed by atoms with Crippen LogP contribution in [0.15, 0.2) is 11.2 Å². The zero-order valence-electron chi connectivity index (χ0n) is 5.80. The number of rotatable bonds is 0. The van der Waals surface area contributed by atoms with Gasteiger partial charge >= 0.3 is 0 Å². The van der Waals surface area contributed by atoms with E-state index in [0.29, 0.717) is 0 Å². The van der Waals surface area contributed by atoms with Gasteiger partial charge in [-0.15, -0.1) is 11.3 Å². The van der Waals surface area contributed by atoms with Crippen molar-refractivity contribution in [3.63, 3.8) is 0 Å². The molecule has 0 aliphatic heterocycles. The van der Waals surface area contributed by atoms with E-state index in [4.69, 9.17) is 17.4 Å². The van der Waals surface area contributed by atoms with E-state index in [1.807, 2.05) is 6.07 Å². The molecule has 1 aliphatic rings. The third-order valence-electron chi connectivity index (χ3n) is 1.83. The van der Waals surface area contributed by atoms with E-state index in [1.54, 1.807) is 11.3 Å². The summed E-state index contributed by atoms with van der Waals surface area (Å²) in [5.41, 5.74) is 2.14. The Morgan fingerprint density at radius 3 is 3.09 bits per heavy atom. The molecule has 0 aromatic carbocycles. The number of nitrogens with zero attached hydrogens (tertiary/aromatic N) is 1. The highest BCUT2D eigenvalue weighted by Crippen LogP contribution is 2.33. The Hall–Kier alpha value is -0.540. The van der Waals surface area contributed by atoms with Crippen LogP contribution in [-0.2, 0) is 6.42 Å². The lowest BCUT2D eigenvalue weighted by molar-refractivity contribution is 1.10. The van der Waals surface area contributed by atoms with E-state index in [-0.39, 0.29) is 0 Å². The smallest absolute Gasteiger partial charge is 0.0938 e. The molecule has 0 atom stereocenters. The number of fused-ring (bicyclic) bond motifs is 1. The van der Waals surface area contributed by atoms with Crippen molar-refractivity contribution in [3.8, 4) is 0 Å². The molecule has 2 rings (SSSR count). The minimum atomic E-state index is 0.829. The van der Waals surface area contributed by atoms with Gasteiger partial charge in [0.15, 0.2) is 0 Å². The van der Waals surface area contributed by atoms with Crippen LogP contribution in [-0.4, -0.2) is 5.71 Å². The summed E-state index contributed by atoms with van der Waals surface area (Å²) in [6.45, 7) is 0. The second-order valence-corrected chi connectivity index (χ2v) is 4.23. The fourth-order valence-electron chi connectivity index (χ4n) is 1.33. The largest absolute Gasteiger partial charge is 0.323 e. The van der Waals surface area contributed by atoms with E-state index in [9.17, 15) is 0 Å². The summed E-state index contributed by atoms with van der Waals surface area (Å²) in [5.74, 6) is 5.21. The second kappa shape index (κ2) is 2.50. The van der Waals surface area contributed by atoms with Gasteiger partial charge in [-0.2, -0.15) is 5.10 Å². The summed E-state index contributed by atoms with van der Waals surface area (Å²) in [4.78, 5) is 1.32. The molecule has 0 bridgehead atoms. The summed E-state index contributed by atoms with van der Waals surface area (Å²) in [6, 6.07) is 1.94. The van der Waals surface area contributed by atoms with E-state index >= 15 is 0 Å². The minimum Gasteiger partial charge on any atom is -0.323 e. The topological polar surface area (TPSA) is 38.4 Å². The number of hydrogen-bond acceptors (Lipinski definition) is 3. The summed E-state index contributed by atoms with van der Waals surface area (Å²) >= 11 is 7.45. The zero-order valence-corrected chi connectivity index (χ0v) is 7.37. The molecule has 2 nitrogen and oxygen atoms in total. The second-order valence-electron chi connectivity index (χ2n) is 2.46. The van der Waals surface area contributed by atoms with E-state index < -0.39 is 0 Å². The van der Waals surface area contributed by atoms with E-state index in [2.05, 4.69) is 5.10 Å². The molecule has 0 saturated heterocycles. The lowest BCUT2D eigenvalue weighted by Gasteiger charge is -1.89. The molecule has 1 aromatic heterocycles. The normalized spacial score (nSPS) is 19.2. The zero-order chi connectivity index (χ0) is 7.84. The van der Waals surface area contributed by atoms with Crippen LogP contribution < -0.4 is 5.84 Å². The molecule has 1 aromatic rings. The van der Waals surface area contributed by atoms with Crippen molar-refractivity contribution < 1.29 is 0 Å². The monoisotopic (exact) mass is 186 g/mol. The average molecular weight is 187 g/mol. The average Bonchev–Trinajstić information content (AvgIpc) is 2.45. The van der Waals surface area contributed by atoms with Gasteiger partial charge in [-0.1, -0.05) is 11.6 Å². The van der Waals surface area contributed by atoms with Crippen LogP contribution in [0.5, 0.6) is 0 Å². The third-order valence-corrected chi connectivity index (χ3v) is 3.16. The van der Waals surface area contributed by atoms with Gasteiger partial charge in [0.1, 0.15) is 0 Å². The lowest BCUT2D eigenvalue weighted by Crippen LogP contribution is -1.97. The van der Waals surface area contributed by atoms with Crippen molar-refractivity contribution in [2.75, 3.05) is 0 Å². The van der Waals surface area contributed by atoms with Crippen LogP contribution in [0.2, 0.25) is 4.34 Å². The molecule has 2 N–H and O–H groups in total. The fraction of sp³-hybridized carbons (Fsp3) is 0.286. The lowest BCUT2D eigenvalue weighted by atomic mass is 10.2. The van der Waals surface area contributed by atoms with Gasteiger partial charge in [-0.3, -0.25) is 0 Å². The third kappa shape index (κ3) is 1.04. The van der Waals surface area contributed by atoms with E-state index in [1.165, 1.54) is 4.88 Å². The standard InChI is InChI=1S/C7H7ClN2S/c8-7-3-4-5(10-9)1-2-6(4)11-7/h3H,1-2,9H2/b10-5-. The first-order valence-corrected chi connectivity index (χ1v) is 4.56. The number of halogens is 1. The predicted molar refractivity (Wildman–Crippen MR) is 48.4 cm³/mol. The molecule has 4 heteroatoms. The van der Waals surface area contributed by atoms with Crippen LogP contribution in [0.25, 0.3) is 0 Å². The van der Waals surface area contributed by atoms with Crippen LogP contribution in [0.1, 0.15) is 16.9 Å². The SMILES string of the molecule is N/N=C1/CCc2sc(Cl)cc21. The minimum absolute atomic E-state index is 0.829. The molecule has 0 amide bonds. The highest BCUT2D eigenvalue weighted by Gasteiger charge is 2.20.